The average molecular weight is 275 g/mol. The molecule has 15 heavy (non-hydrogen) atoms. The van der Waals surface area contributed by atoms with E-state index in [4.69, 9.17) is 9.47 Å². The largest absolute Gasteiger partial charge is 0.497 e. The first-order chi connectivity index (χ1) is 7.08. The number of ether oxygens (including phenoxy) is 2. The lowest BCUT2D eigenvalue weighted by Gasteiger charge is -2.13. The number of hydrogen-bond acceptors (Lipinski definition) is 3. The van der Waals surface area contributed by atoms with Crippen molar-refractivity contribution in [2.45, 2.75) is 19.4 Å². The van der Waals surface area contributed by atoms with E-state index in [1.807, 2.05) is 12.1 Å². The zero-order valence-electron chi connectivity index (χ0n) is 9.08. The van der Waals surface area contributed by atoms with Crippen LogP contribution in [0.15, 0.2) is 16.6 Å². The molecule has 0 aromatic heterocycles. The van der Waals surface area contributed by atoms with Crippen molar-refractivity contribution in [2.75, 3.05) is 14.2 Å². The smallest absolute Gasteiger partial charge is 0.136 e. The van der Waals surface area contributed by atoms with Gasteiger partial charge in [0, 0.05) is 12.0 Å². The standard InChI is InChI=1S/C11H15BrO3/c1-7(13)4-8-5-9(14-2)6-10(12)11(8)15-3/h5-7,13H,4H2,1-3H3. The summed E-state index contributed by atoms with van der Waals surface area (Å²) in [7, 11) is 3.22. The summed E-state index contributed by atoms with van der Waals surface area (Å²) < 4.78 is 11.2. The highest BCUT2D eigenvalue weighted by Crippen LogP contribution is 2.34. The normalized spacial score (nSPS) is 12.3. The third kappa shape index (κ3) is 3.11. The summed E-state index contributed by atoms with van der Waals surface area (Å²) in [5.41, 5.74) is 0.929. The van der Waals surface area contributed by atoms with Crippen molar-refractivity contribution in [3.05, 3.63) is 22.2 Å². The van der Waals surface area contributed by atoms with Gasteiger partial charge in [0.2, 0.25) is 0 Å². The molecular weight excluding hydrogens is 260 g/mol. The molecule has 0 fully saturated rings. The molecule has 84 valence electrons. The molecule has 3 nitrogen and oxygen atoms in total. The van der Waals surface area contributed by atoms with Crippen LogP contribution >= 0.6 is 15.9 Å². The van der Waals surface area contributed by atoms with Gasteiger partial charge in [0.15, 0.2) is 0 Å². The van der Waals surface area contributed by atoms with Gasteiger partial charge in [-0.3, -0.25) is 0 Å². The van der Waals surface area contributed by atoms with Crippen molar-refractivity contribution < 1.29 is 14.6 Å². The van der Waals surface area contributed by atoms with Crippen LogP contribution in [0.3, 0.4) is 0 Å². The first kappa shape index (κ1) is 12.3. The van der Waals surface area contributed by atoms with Gasteiger partial charge >= 0.3 is 0 Å². The number of aliphatic hydroxyl groups excluding tert-OH is 1. The molecule has 0 spiro atoms. The van der Waals surface area contributed by atoms with E-state index in [0.717, 1.165) is 21.5 Å². The fourth-order valence-corrected chi connectivity index (χ4v) is 2.08. The Labute approximate surface area is 98.1 Å². The van der Waals surface area contributed by atoms with Crippen LogP contribution in [0.1, 0.15) is 12.5 Å². The van der Waals surface area contributed by atoms with Gasteiger partial charge in [0.1, 0.15) is 11.5 Å². The second-order valence-electron chi connectivity index (χ2n) is 3.35. The lowest BCUT2D eigenvalue weighted by Crippen LogP contribution is -2.06. The zero-order chi connectivity index (χ0) is 11.4. The quantitative estimate of drug-likeness (QED) is 0.917. The Morgan fingerprint density at radius 2 is 2.00 bits per heavy atom. The van der Waals surface area contributed by atoms with Crippen LogP contribution in [-0.2, 0) is 6.42 Å². The maximum atomic E-state index is 9.37. The van der Waals surface area contributed by atoms with Crippen molar-refractivity contribution in [1.82, 2.24) is 0 Å². The fraction of sp³-hybridized carbons (Fsp3) is 0.455. The summed E-state index contributed by atoms with van der Waals surface area (Å²) in [6, 6.07) is 3.71. The molecule has 1 rings (SSSR count). The van der Waals surface area contributed by atoms with Crippen LogP contribution in [-0.4, -0.2) is 25.4 Å². The van der Waals surface area contributed by atoms with Crippen molar-refractivity contribution in [2.24, 2.45) is 0 Å². The van der Waals surface area contributed by atoms with Crippen LogP contribution in [0.5, 0.6) is 11.5 Å². The number of methoxy groups -OCH3 is 2. The predicted octanol–water partition coefficient (Wildman–Crippen LogP) is 2.39. The number of benzene rings is 1. The number of rotatable bonds is 4. The SMILES string of the molecule is COc1cc(Br)c(OC)c(CC(C)O)c1. The van der Waals surface area contributed by atoms with E-state index < -0.39 is 6.10 Å². The molecule has 0 bridgehead atoms. The van der Waals surface area contributed by atoms with Gasteiger partial charge in [-0.1, -0.05) is 0 Å². The summed E-state index contributed by atoms with van der Waals surface area (Å²) in [5.74, 6) is 1.50. The lowest BCUT2D eigenvalue weighted by molar-refractivity contribution is 0.194. The third-order valence-electron chi connectivity index (χ3n) is 2.05. The minimum atomic E-state index is -0.405. The van der Waals surface area contributed by atoms with E-state index in [9.17, 15) is 5.11 Å². The molecule has 0 aliphatic rings. The van der Waals surface area contributed by atoms with Crippen LogP contribution < -0.4 is 9.47 Å². The fourth-order valence-electron chi connectivity index (χ4n) is 1.44. The molecule has 0 amide bonds. The molecule has 1 aromatic rings. The minimum absolute atomic E-state index is 0.405. The number of hydrogen-bond donors (Lipinski definition) is 1. The zero-order valence-corrected chi connectivity index (χ0v) is 10.7. The Balaban J connectivity index is 3.13. The summed E-state index contributed by atoms with van der Waals surface area (Å²) in [6.45, 7) is 1.74. The highest BCUT2D eigenvalue weighted by molar-refractivity contribution is 9.10. The van der Waals surface area contributed by atoms with Crippen LogP contribution in [0.25, 0.3) is 0 Å². The Hall–Kier alpha value is -0.740. The second-order valence-corrected chi connectivity index (χ2v) is 4.21. The first-order valence-electron chi connectivity index (χ1n) is 4.67. The highest BCUT2D eigenvalue weighted by Gasteiger charge is 2.12. The van der Waals surface area contributed by atoms with Gasteiger partial charge in [-0.25, -0.2) is 0 Å². The van der Waals surface area contributed by atoms with E-state index in [0.29, 0.717) is 6.42 Å². The number of aliphatic hydroxyl groups is 1. The molecular formula is C11H15BrO3. The first-order valence-corrected chi connectivity index (χ1v) is 5.46. The molecule has 1 unspecified atom stereocenters. The molecule has 4 heteroatoms. The van der Waals surface area contributed by atoms with Crippen molar-refractivity contribution in [3.63, 3.8) is 0 Å². The van der Waals surface area contributed by atoms with Crippen LogP contribution in [0, 0.1) is 0 Å². The van der Waals surface area contributed by atoms with Gasteiger partial charge in [-0.05, 0) is 35.0 Å². The highest BCUT2D eigenvalue weighted by atomic mass is 79.9. The molecule has 1 N–H and O–H groups in total. The summed E-state index contributed by atoms with van der Waals surface area (Å²) in [6.07, 6.45) is 0.136. The number of halogens is 1. The van der Waals surface area contributed by atoms with E-state index >= 15 is 0 Å². The molecule has 0 heterocycles. The van der Waals surface area contributed by atoms with Gasteiger partial charge < -0.3 is 14.6 Å². The van der Waals surface area contributed by atoms with E-state index in [-0.39, 0.29) is 0 Å². The Bertz CT molecular complexity index is 337. The monoisotopic (exact) mass is 274 g/mol. The van der Waals surface area contributed by atoms with Gasteiger partial charge in [0.05, 0.1) is 24.8 Å². The molecule has 1 atom stereocenters. The van der Waals surface area contributed by atoms with Crippen molar-refractivity contribution >= 4 is 15.9 Å². The van der Waals surface area contributed by atoms with Crippen molar-refractivity contribution in [3.8, 4) is 11.5 Å². The summed E-state index contributed by atoms with van der Waals surface area (Å²) in [4.78, 5) is 0. The Morgan fingerprint density at radius 3 is 2.47 bits per heavy atom. The van der Waals surface area contributed by atoms with Gasteiger partial charge in [0.25, 0.3) is 0 Å². The molecule has 0 aliphatic carbocycles. The van der Waals surface area contributed by atoms with Crippen LogP contribution in [0.4, 0.5) is 0 Å². The van der Waals surface area contributed by atoms with Crippen LogP contribution in [0.2, 0.25) is 0 Å². The van der Waals surface area contributed by atoms with Gasteiger partial charge in [-0.15, -0.1) is 0 Å². The van der Waals surface area contributed by atoms with Gasteiger partial charge in [-0.2, -0.15) is 0 Å². The second kappa shape index (κ2) is 5.37. The summed E-state index contributed by atoms with van der Waals surface area (Å²) >= 11 is 3.40. The Kier molecular flexibility index (Phi) is 4.42. The molecule has 1 aromatic carbocycles. The Morgan fingerprint density at radius 1 is 1.33 bits per heavy atom. The van der Waals surface area contributed by atoms with E-state index in [1.165, 1.54) is 0 Å². The predicted molar refractivity (Wildman–Crippen MR) is 62.6 cm³/mol. The molecule has 0 saturated carbocycles. The topological polar surface area (TPSA) is 38.7 Å². The molecule has 0 saturated heterocycles. The molecule has 0 radical (unpaired) electrons. The maximum Gasteiger partial charge on any atom is 0.136 e. The third-order valence-corrected chi connectivity index (χ3v) is 2.64. The molecule has 0 aliphatic heterocycles. The summed E-state index contributed by atoms with van der Waals surface area (Å²) in [5, 5.41) is 9.37. The minimum Gasteiger partial charge on any atom is -0.497 e. The van der Waals surface area contributed by atoms with Crippen molar-refractivity contribution in [1.29, 1.82) is 0 Å². The average Bonchev–Trinajstić information content (AvgIpc) is 2.16. The van der Waals surface area contributed by atoms with E-state index in [2.05, 4.69) is 15.9 Å². The maximum absolute atomic E-state index is 9.37. The van der Waals surface area contributed by atoms with E-state index in [1.54, 1.807) is 21.1 Å². The lowest BCUT2D eigenvalue weighted by atomic mass is 10.1.